The summed E-state index contributed by atoms with van der Waals surface area (Å²) in [6, 6.07) is 17.4. The van der Waals surface area contributed by atoms with E-state index < -0.39 is 0 Å². The van der Waals surface area contributed by atoms with Gasteiger partial charge in [0.1, 0.15) is 30.3 Å². The van der Waals surface area contributed by atoms with E-state index in [9.17, 15) is 4.79 Å². The number of thiazole rings is 1. The van der Waals surface area contributed by atoms with E-state index in [1.54, 1.807) is 20.9 Å². The van der Waals surface area contributed by atoms with E-state index in [0.717, 1.165) is 47.0 Å². The molecule has 37 heavy (non-hydrogen) atoms. The van der Waals surface area contributed by atoms with E-state index in [-0.39, 0.29) is 18.7 Å². The van der Waals surface area contributed by atoms with Crippen LogP contribution in [0, 0.1) is 0 Å². The number of tetrazole rings is 1. The lowest BCUT2D eigenvalue weighted by Crippen LogP contribution is -2.39. The molecule has 1 fully saturated rings. The fraction of sp³-hybridized carbons (Fsp3) is 0.346. The zero-order valence-electron chi connectivity index (χ0n) is 20.3. The van der Waals surface area contributed by atoms with E-state index in [4.69, 9.17) is 19.2 Å². The predicted molar refractivity (Wildman–Crippen MR) is 136 cm³/mol. The standard InChI is InChI=1S/C26H28N6O4S/c33-26(35-15-14-34-16-20-6-2-1-3-7-20)31-13-5-4-8-24(31)25-28-21(18-37-25)17-36-23-11-9-22(10-12-23)32-19-27-29-30-32/h1-3,6-7,9-12,18-19,24H,4-5,8,13-17H2. The van der Waals surface area contributed by atoms with Crippen LogP contribution >= 0.6 is 11.3 Å². The molecule has 0 spiro atoms. The molecular weight excluding hydrogens is 492 g/mol. The van der Waals surface area contributed by atoms with E-state index in [2.05, 4.69) is 15.5 Å². The van der Waals surface area contributed by atoms with Gasteiger partial charge in [-0.05, 0) is 59.5 Å². The molecule has 1 amide bonds. The van der Waals surface area contributed by atoms with Crippen molar-refractivity contribution < 1.29 is 19.0 Å². The first-order valence-corrected chi connectivity index (χ1v) is 13.1. The molecule has 10 nitrogen and oxygen atoms in total. The van der Waals surface area contributed by atoms with Crippen LogP contribution in [-0.4, -0.2) is 55.9 Å². The van der Waals surface area contributed by atoms with Crippen LogP contribution in [0.25, 0.3) is 5.69 Å². The summed E-state index contributed by atoms with van der Waals surface area (Å²) in [6.45, 7) is 2.08. The Morgan fingerprint density at radius 3 is 2.70 bits per heavy atom. The van der Waals surface area contributed by atoms with Crippen molar-refractivity contribution in [1.82, 2.24) is 30.1 Å². The quantitative estimate of drug-likeness (QED) is 0.280. The fourth-order valence-corrected chi connectivity index (χ4v) is 5.07. The van der Waals surface area contributed by atoms with Crippen molar-refractivity contribution >= 4 is 17.4 Å². The molecule has 192 valence electrons. The number of nitrogens with zero attached hydrogens (tertiary/aromatic N) is 6. The van der Waals surface area contributed by atoms with Gasteiger partial charge in [0.15, 0.2) is 0 Å². The Balaban J connectivity index is 1.10. The van der Waals surface area contributed by atoms with Gasteiger partial charge in [0.2, 0.25) is 0 Å². The molecule has 2 aromatic heterocycles. The lowest BCUT2D eigenvalue weighted by Gasteiger charge is -2.33. The summed E-state index contributed by atoms with van der Waals surface area (Å²) >= 11 is 1.55. The number of amides is 1. The minimum atomic E-state index is -0.316. The summed E-state index contributed by atoms with van der Waals surface area (Å²) in [6.07, 6.45) is 4.10. The number of carbonyl (C=O) groups excluding carboxylic acids is 1. The molecule has 1 unspecified atom stereocenters. The minimum absolute atomic E-state index is 0.0826. The highest BCUT2D eigenvalue weighted by Gasteiger charge is 2.31. The summed E-state index contributed by atoms with van der Waals surface area (Å²) in [5.41, 5.74) is 2.77. The van der Waals surface area contributed by atoms with Crippen LogP contribution in [0.2, 0.25) is 0 Å². The van der Waals surface area contributed by atoms with Gasteiger partial charge in [0, 0.05) is 11.9 Å². The van der Waals surface area contributed by atoms with Crippen molar-refractivity contribution in [1.29, 1.82) is 0 Å². The van der Waals surface area contributed by atoms with Crippen molar-refractivity contribution in [3.63, 3.8) is 0 Å². The Morgan fingerprint density at radius 2 is 1.89 bits per heavy atom. The molecule has 0 saturated carbocycles. The average molecular weight is 521 g/mol. The van der Waals surface area contributed by atoms with Crippen molar-refractivity contribution in [2.45, 2.75) is 38.5 Å². The number of likely N-dealkylation sites (tertiary alicyclic amines) is 1. The number of piperidine rings is 1. The summed E-state index contributed by atoms with van der Waals surface area (Å²) in [5.74, 6) is 0.726. The number of rotatable bonds is 10. The highest BCUT2D eigenvalue weighted by Crippen LogP contribution is 2.33. The first-order chi connectivity index (χ1) is 18.3. The Hall–Kier alpha value is -3.83. The first kappa shape index (κ1) is 24.8. The van der Waals surface area contributed by atoms with Crippen molar-refractivity contribution in [2.75, 3.05) is 19.8 Å². The third kappa shape index (κ3) is 6.69. The number of ether oxygens (including phenoxy) is 3. The normalized spacial score (nSPS) is 15.5. The number of hydrogen-bond acceptors (Lipinski definition) is 9. The topological polar surface area (TPSA) is 104 Å². The molecule has 3 heterocycles. The van der Waals surface area contributed by atoms with Gasteiger partial charge in [-0.15, -0.1) is 16.4 Å². The lowest BCUT2D eigenvalue weighted by atomic mass is 10.0. The maximum atomic E-state index is 12.8. The van der Waals surface area contributed by atoms with Gasteiger partial charge in [-0.1, -0.05) is 30.3 Å². The summed E-state index contributed by atoms with van der Waals surface area (Å²) in [4.78, 5) is 19.4. The molecule has 0 bridgehead atoms. The average Bonchev–Trinajstić information content (AvgIpc) is 3.66. The second kappa shape index (κ2) is 12.4. The SMILES string of the molecule is O=C(OCCOCc1ccccc1)N1CCCCC1c1nc(COc2ccc(-n3cnnn3)cc2)cs1. The lowest BCUT2D eigenvalue weighted by molar-refractivity contribution is 0.0362. The van der Waals surface area contributed by atoms with Gasteiger partial charge >= 0.3 is 6.09 Å². The third-order valence-corrected chi connectivity index (χ3v) is 6.99. The first-order valence-electron chi connectivity index (χ1n) is 12.2. The van der Waals surface area contributed by atoms with E-state index in [0.29, 0.717) is 26.4 Å². The van der Waals surface area contributed by atoms with Crippen LogP contribution < -0.4 is 4.74 Å². The largest absolute Gasteiger partial charge is 0.487 e. The maximum Gasteiger partial charge on any atom is 0.410 e. The van der Waals surface area contributed by atoms with Gasteiger partial charge < -0.3 is 14.2 Å². The van der Waals surface area contributed by atoms with Crippen molar-refractivity contribution in [2.24, 2.45) is 0 Å². The summed E-state index contributed by atoms with van der Waals surface area (Å²) in [5, 5.41) is 14.1. The highest BCUT2D eigenvalue weighted by molar-refractivity contribution is 7.09. The third-order valence-electron chi connectivity index (χ3n) is 5.99. The van der Waals surface area contributed by atoms with Crippen LogP contribution in [0.1, 0.15) is 41.6 Å². The number of aromatic nitrogens is 5. The molecule has 1 aliphatic heterocycles. The van der Waals surface area contributed by atoms with Gasteiger partial charge in [-0.2, -0.15) is 0 Å². The Bertz CT molecular complexity index is 1250. The van der Waals surface area contributed by atoms with Crippen molar-refractivity contribution in [3.05, 3.63) is 82.6 Å². The van der Waals surface area contributed by atoms with Gasteiger partial charge in [-0.3, -0.25) is 4.90 Å². The van der Waals surface area contributed by atoms with Gasteiger partial charge in [0.05, 0.1) is 30.6 Å². The van der Waals surface area contributed by atoms with Crippen LogP contribution in [0.15, 0.2) is 66.3 Å². The summed E-state index contributed by atoms with van der Waals surface area (Å²) in [7, 11) is 0. The van der Waals surface area contributed by atoms with Gasteiger partial charge in [0.25, 0.3) is 0 Å². The Morgan fingerprint density at radius 1 is 1.03 bits per heavy atom. The number of benzene rings is 2. The highest BCUT2D eigenvalue weighted by atomic mass is 32.1. The second-order valence-electron chi connectivity index (χ2n) is 8.57. The van der Waals surface area contributed by atoms with Crippen LogP contribution in [0.5, 0.6) is 5.75 Å². The molecule has 0 N–H and O–H groups in total. The second-order valence-corrected chi connectivity index (χ2v) is 9.46. The maximum absolute atomic E-state index is 12.8. The Labute approximate surface area is 218 Å². The zero-order valence-corrected chi connectivity index (χ0v) is 21.1. The van der Waals surface area contributed by atoms with Crippen LogP contribution in [-0.2, 0) is 22.7 Å². The minimum Gasteiger partial charge on any atom is -0.487 e. The van der Waals surface area contributed by atoms with Crippen LogP contribution in [0.3, 0.4) is 0 Å². The molecular formula is C26H28N6O4S. The molecule has 1 saturated heterocycles. The van der Waals surface area contributed by atoms with E-state index >= 15 is 0 Å². The zero-order chi connectivity index (χ0) is 25.3. The molecule has 5 rings (SSSR count). The smallest absolute Gasteiger partial charge is 0.410 e. The summed E-state index contributed by atoms with van der Waals surface area (Å²) < 4.78 is 18.6. The monoisotopic (exact) mass is 520 g/mol. The molecule has 0 aliphatic carbocycles. The van der Waals surface area contributed by atoms with Crippen molar-refractivity contribution in [3.8, 4) is 11.4 Å². The molecule has 0 radical (unpaired) electrons. The van der Waals surface area contributed by atoms with E-state index in [1.807, 2.05) is 60.0 Å². The Kier molecular flexibility index (Phi) is 8.34. The predicted octanol–water partition coefficient (Wildman–Crippen LogP) is 4.58. The molecule has 1 aliphatic rings. The molecule has 2 aromatic carbocycles. The molecule has 11 heteroatoms. The number of carbonyl (C=O) groups is 1. The molecule has 1 atom stereocenters. The van der Waals surface area contributed by atoms with Gasteiger partial charge in [-0.25, -0.2) is 14.5 Å². The van der Waals surface area contributed by atoms with Crippen LogP contribution in [0.4, 0.5) is 4.79 Å². The molecule has 4 aromatic rings. The number of hydrogen-bond donors (Lipinski definition) is 0. The van der Waals surface area contributed by atoms with E-state index in [1.165, 1.54) is 6.33 Å². The fourth-order valence-electron chi connectivity index (χ4n) is 4.12.